The second kappa shape index (κ2) is 7.96. The maximum Gasteiger partial charge on any atom is 0.247 e. The maximum atomic E-state index is 12.0. The van der Waals surface area contributed by atoms with Gasteiger partial charge in [0.05, 0.1) is 19.1 Å². The molecule has 0 saturated carbocycles. The number of likely N-dealkylation sites (tertiary alicyclic amines) is 1. The fourth-order valence-corrected chi connectivity index (χ4v) is 2.09. The largest absolute Gasteiger partial charge is 0.383 e. The van der Waals surface area contributed by atoms with Crippen molar-refractivity contribution in [1.29, 1.82) is 0 Å². The predicted molar refractivity (Wildman–Crippen MR) is 72.9 cm³/mol. The molecule has 0 aromatic heterocycles. The van der Waals surface area contributed by atoms with Crippen LogP contribution < -0.4 is 10.6 Å². The van der Waals surface area contributed by atoms with Gasteiger partial charge in [0.15, 0.2) is 0 Å². The third-order valence-electron chi connectivity index (χ3n) is 3.07. The number of hydrogen-bond donors (Lipinski definition) is 2. The second-order valence-electron chi connectivity index (χ2n) is 5.00. The van der Waals surface area contributed by atoms with Crippen LogP contribution in [0.2, 0.25) is 0 Å². The van der Waals surface area contributed by atoms with Gasteiger partial charge in [-0.05, 0) is 13.8 Å². The summed E-state index contributed by atoms with van der Waals surface area (Å²) in [5, 5.41) is 5.65. The fraction of sp³-hybridized carbons (Fsp3) is 0.769. The number of carbonyl (C=O) groups is 3. The molecule has 7 heteroatoms. The van der Waals surface area contributed by atoms with Crippen molar-refractivity contribution in [3.8, 4) is 0 Å². The van der Waals surface area contributed by atoms with E-state index in [0.717, 1.165) is 0 Å². The van der Waals surface area contributed by atoms with Crippen molar-refractivity contribution >= 4 is 17.7 Å². The molecule has 1 rings (SSSR count). The van der Waals surface area contributed by atoms with Crippen molar-refractivity contribution < 1.29 is 19.1 Å². The minimum Gasteiger partial charge on any atom is -0.383 e. The number of imide groups is 1. The van der Waals surface area contributed by atoms with Gasteiger partial charge >= 0.3 is 0 Å². The highest BCUT2D eigenvalue weighted by Gasteiger charge is 2.39. The predicted octanol–water partition coefficient (Wildman–Crippen LogP) is -0.735. The Kier molecular flexibility index (Phi) is 6.60. The zero-order valence-corrected chi connectivity index (χ0v) is 12.3. The van der Waals surface area contributed by atoms with E-state index in [2.05, 4.69) is 10.6 Å². The molecule has 1 unspecified atom stereocenters. The lowest BCUT2D eigenvalue weighted by atomic mass is 10.2. The van der Waals surface area contributed by atoms with Gasteiger partial charge in [0.1, 0.15) is 0 Å². The van der Waals surface area contributed by atoms with Crippen molar-refractivity contribution in [2.45, 2.75) is 38.8 Å². The van der Waals surface area contributed by atoms with Crippen molar-refractivity contribution in [2.24, 2.45) is 0 Å². The van der Waals surface area contributed by atoms with Crippen LogP contribution in [0, 0.1) is 0 Å². The Hall–Kier alpha value is -1.47. The highest BCUT2D eigenvalue weighted by atomic mass is 16.5. The van der Waals surface area contributed by atoms with Crippen LogP contribution in [0.1, 0.15) is 26.7 Å². The summed E-state index contributed by atoms with van der Waals surface area (Å²) in [7, 11) is 1.57. The molecule has 7 nitrogen and oxygen atoms in total. The van der Waals surface area contributed by atoms with Gasteiger partial charge in [0.2, 0.25) is 17.7 Å². The van der Waals surface area contributed by atoms with Crippen molar-refractivity contribution in [2.75, 3.05) is 26.8 Å². The van der Waals surface area contributed by atoms with Crippen LogP contribution in [0.3, 0.4) is 0 Å². The number of nitrogens with one attached hydrogen (secondary N) is 2. The lowest BCUT2D eigenvalue weighted by Crippen LogP contribution is -2.42. The standard InChI is InChI=1S/C13H23N3O4/c1-9(2)16-12(18)8-10(13(16)19)14-5-4-11(17)15-6-7-20-3/h9-10,14H,4-8H2,1-3H3,(H,15,17). The van der Waals surface area contributed by atoms with E-state index in [1.165, 1.54) is 4.90 Å². The molecule has 20 heavy (non-hydrogen) atoms. The number of carbonyl (C=O) groups excluding carboxylic acids is 3. The van der Waals surface area contributed by atoms with E-state index in [9.17, 15) is 14.4 Å². The van der Waals surface area contributed by atoms with Gasteiger partial charge in [-0.15, -0.1) is 0 Å². The second-order valence-corrected chi connectivity index (χ2v) is 5.00. The van der Waals surface area contributed by atoms with Gasteiger partial charge in [0.25, 0.3) is 0 Å². The molecule has 1 atom stereocenters. The Morgan fingerprint density at radius 2 is 2.10 bits per heavy atom. The molecule has 2 N–H and O–H groups in total. The molecule has 1 aliphatic heterocycles. The molecule has 1 heterocycles. The minimum absolute atomic E-state index is 0.105. The lowest BCUT2D eigenvalue weighted by molar-refractivity contribution is -0.140. The number of rotatable bonds is 8. The molecule has 0 bridgehead atoms. The molecule has 0 aliphatic carbocycles. The van der Waals surface area contributed by atoms with E-state index in [4.69, 9.17) is 4.74 Å². The average Bonchev–Trinajstić information content (AvgIpc) is 2.65. The minimum atomic E-state index is -0.503. The summed E-state index contributed by atoms with van der Waals surface area (Å²) in [6, 6.07) is -0.629. The fourth-order valence-electron chi connectivity index (χ4n) is 2.09. The normalized spacial score (nSPS) is 19.0. The van der Waals surface area contributed by atoms with Crippen LogP contribution in [0.25, 0.3) is 0 Å². The number of nitrogens with zero attached hydrogens (tertiary/aromatic N) is 1. The SMILES string of the molecule is COCCNC(=O)CCNC1CC(=O)N(C(C)C)C1=O. The molecular formula is C13H23N3O4. The monoisotopic (exact) mass is 285 g/mol. The Balaban J connectivity index is 2.28. The molecule has 0 aromatic rings. The van der Waals surface area contributed by atoms with E-state index in [1.54, 1.807) is 21.0 Å². The van der Waals surface area contributed by atoms with E-state index in [-0.39, 0.29) is 36.6 Å². The highest BCUT2D eigenvalue weighted by molar-refractivity contribution is 6.05. The third kappa shape index (κ3) is 4.57. The molecule has 1 aliphatic rings. The molecule has 0 aromatic carbocycles. The quantitative estimate of drug-likeness (QED) is 0.453. The topological polar surface area (TPSA) is 87.7 Å². The molecule has 3 amide bonds. The summed E-state index contributed by atoms with van der Waals surface area (Å²) in [5.41, 5.74) is 0. The summed E-state index contributed by atoms with van der Waals surface area (Å²) in [6.45, 7) is 4.92. The molecule has 0 spiro atoms. The third-order valence-corrected chi connectivity index (χ3v) is 3.07. The first-order valence-electron chi connectivity index (χ1n) is 6.82. The van der Waals surface area contributed by atoms with Gasteiger partial charge in [-0.25, -0.2) is 0 Å². The Morgan fingerprint density at radius 1 is 1.40 bits per heavy atom. The van der Waals surface area contributed by atoms with Gasteiger partial charge in [-0.3, -0.25) is 19.3 Å². The smallest absolute Gasteiger partial charge is 0.247 e. The first kappa shape index (κ1) is 16.6. The van der Waals surface area contributed by atoms with Crippen molar-refractivity contribution in [3.63, 3.8) is 0 Å². The molecule has 1 fully saturated rings. The summed E-state index contributed by atoms with van der Waals surface area (Å²) < 4.78 is 4.82. The van der Waals surface area contributed by atoms with E-state index in [1.807, 2.05) is 0 Å². The molecule has 114 valence electrons. The van der Waals surface area contributed by atoms with Gasteiger partial charge in [-0.2, -0.15) is 0 Å². The first-order chi connectivity index (χ1) is 9.47. The number of hydrogen-bond acceptors (Lipinski definition) is 5. The zero-order chi connectivity index (χ0) is 15.1. The van der Waals surface area contributed by atoms with E-state index < -0.39 is 6.04 Å². The number of amides is 3. The van der Waals surface area contributed by atoms with Crippen molar-refractivity contribution in [1.82, 2.24) is 15.5 Å². The van der Waals surface area contributed by atoms with Crippen LogP contribution in [-0.4, -0.2) is 61.5 Å². The molecule has 0 radical (unpaired) electrons. The Bertz CT molecular complexity index is 371. The number of ether oxygens (including phenoxy) is 1. The molecule has 1 saturated heterocycles. The van der Waals surface area contributed by atoms with E-state index in [0.29, 0.717) is 19.7 Å². The van der Waals surface area contributed by atoms with Crippen LogP contribution in [0.4, 0.5) is 0 Å². The number of methoxy groups -OCH3 is 1. The van der Waals surface area contributed by atoms with Gasteiger partial charge < -0.3 is 15.4 Å². The summed E-state index contributed by atoms with van der Waals surface area (Å²) in [4.78, 5) is 36.4. The zero-order valence-electron chi connectivity index (χ0n) is 12.3. The Morgan fingerprint density at radius 3 is 2.65 bits per heavy atom. The summed E-state index contributed by atoms with van der Waals surface area (Å²) >= 11 is 0. The highest BCUT2D eigenvalue weighted by Crippen LogP contribution is 2.15. The summed E-state index contributed by atoms with van der Waals surface area (Å²) in [5.74, 6) is -0.469. The molecular weight excluding hydrogens is 262 g/mol. The van der Waals surface area contributed by atoms with Crippen molar-refractivity contribution in [3.05, 3.63) is 0 Å². The first-order valence-corrected chi connectivity index (χ1v) is 6.82. The Labute approximate surface area is 119 Å². The van der Waals surface area contributed by atoms with Gasteiger partial charge in [-0.1, -0.05) is 0 Å². The maximum absolute atomic E-state index is 12.0. The van der Waals surface area contributed by atoms with E-state index >= 15 is 0 Å². The van der Waals surface area contributed by atoms with Crippen LogP contribution in [0.5, 0.6) is 0 Å². The van der Waals surface area contributed by atoms with Crippen LogP contribution in [-0.2, 0) is 19.1 Å². The summed E-state index contributed by atoms with van der Waals surface area (Å²) in [6.07, 6.45) is 0.436. The van der Waals surface area contributed by atoms with Gasteiger partial charge in [0, 0.05) is 32.7 Å². The average molecular weight is 285 g/mol. The lowest BCUT2D eigenvalue weighted by Gasteiger charge is -2.19. The van der Waals surface area contributed by atoms with Crippen LogP contribution >= 0.6 is 0 Å². The van der Waals surface area contributed by atoms with Crippen LogP contribution in [0.15, 0.2) is 0 Å².